The van der Waals surface area contributed by atoms with Crippen LogP contribution in [-0.2, 0) is 9.59 Å². The van der Waals surface area contributed by atoms with Gasteiger partial charge in [0.2, 0.25) is 0 Å². The number of hydrogen-bond donors (Lipinski definition) is 3. The van der Waals surface area contributed by atoms with E-state index in [1.807, 2.05) is 12.4 Å². The summed E-state index contributed by atoms with van der Waals surface area (Å²) in [5.41, 5.74) is 1.23. The number of rotatable bonds is 3. The van der Waals surface area contributed by atoms with Crippen LogP contribution < -0.4 is 10.2 Å². The van der Waals surface area contributed by atoms with Gasteiger partial charge in [-0.25, -0.2) is 9.59 Å². The van der Waals surface area contributed by atoms with Crippen molar-refractivity contribution in [3.05, 3.63) is 35.1 Å². The average Bonchev–Trinajstić information content (AvgIpc) is 2.45. The fourth-order valence-corrected chi connectivity index (χ4v) is 2.35. The highest BCUT2D eigenvalue weighted by Gasteiger charge is 2.08. The summed E-state index contributed by atoms with van der Waals surface area (Å²) in [7, 11) is 0. The van der Waals surface area contributed by atoms with Gasteiger partial charge in [-0.1, -0.05) is 0 Å². The lowest BCUT2D eigenvalue weighted by atomic mass is 10.2. The quantitative estimate of drug-likeness (QED) is 0.680. The minimum absolute atomic E-state index is 0.558. The van der Waals surface area contributed by atoms with Crippen LogP contribution >= 0.6 is 15.9 Å². The maximum absolute atomic E-state index is 9.55. The Hall–Kier alpha value is -1.93. The van der Waals surface area contributed by atoms with Gasteiger partial charge in [0.25, 0.3) is 0 Å². The molecule has 0 radical (unpaired) electrons. The second-order valence-electron chi connectivity index (χ2n) is 4.82. The lowest BCUT2D eigenvalue weighted by molar-refractivity contribution is -0.134. The lowest BCUT2D eigenvalue weighted by Gasteiger charge is -2.26. The number of carbonyl (C=O) groups is 2. The van der Waals surface area contributed by atoms with Gasteiger partial charge in [-0.3, -0.25) is 4.98 Å². The standard InChI is InChI=1S/C11H16BrN3.C4H4O4/c12-10-7-11(9-14-8-10)15-5-1-3-13-4-2-6-15;5-3(6)1-2-4(7)8/h7-9,13H,1-6H2;1-2H,(H,5,6)(H,7,8)/b;2-1+. The van der Waals surface area contributed by atoms with E-state index >= 15 is 0 Å². The smallest absolute Gasteiger partial charge is 0.328 e. The second kappa shape index (κ2) is 10.7. The highest BCUT2D eigenvalue weighted by molar-refractivity contribution is 9.10. The summed E-state index contributed by atoms with van der Waals surface area (Å²) < 4.78 is 1.06. The molecule has 0 aromatic carbocycles. The summed E-state index contributed by atoms with van der Waals surface area (Å²) in [6.45, 7) is 4.48. The molecule has 126 valence electrons. The molecule has 0 saturated carbocycles. The van der Waals surface area contributed by atoms with E-state index < -0.39 is 11.9 Å². The first-order valence-electron chi connectivity index (χ1n) is 7.19. The van der Waals surface area contributed by atoms with Crippen LogP contribution in [-0.4, -0.2) is 53.3 Å². The summed E-state index contributed by atoms with van der Waals surface area (Å²) >= 11 is 3.46. The molecule has 1 fully saturated rings. The van der Waals surface area contributed by atoms with Gasteiger partial charge in [0, 0.05) is 35.9 Å². The molecule has 3 N–H and O–H groups in total. The predicted molar refractivity (Wildman–Crippen MR) is 90.7 cm³/mol. The molecule has 1 saturated heterocycles. The zero-order valence-corrected chi connectivity index (χ0v) is 14.2. The van der Waals surface area contributed by atoms with Gasteiger partial charge >= 0.3 is 11.9 Å². The molecule has 2 rings (SSSR count). The summed E-state index contributed by atoms with van der Waals surface area (Å²) in [4.78, 5) is 25.7. The van der Waals surface area contributed by atoms with Gasteiger partial charge < -0.3 is 20.4 Å². The number of aromatic nitrogens is 1. The van der Waals surface area contributed by atoms with Crippen LogP contribution in [0.1, 0.15) is 12.8 Å². The Bertz CT molecular complexity index is 527. The number of carboxylic acid groups (broad SMARTS) is 2. The van der Waals surface area contributed by atoms with Crippen molar-refractivity contribution in [2.24, 2.45) is 0 Å². The molecule has 0 aliphatic carbocycles. The molecule has 8 heteroatoms. The van der Waals surface area contributed by atoms with E-state index in [0.29, 0.717) is 12.2 Å². The number of nitrogens with zero attached hydrogens (tertiary/aromatic N) is 2. The summed E-state index contributed by atoms with van der Waals surface area (Å²) in [6.07, 6.45) is 7.29. The van der Waals surface area contributed by atoms with Crippen molar-refractivity contribution in [2.75, 3.05) is 31.1 Å². The van der Waals surface area contributed by atoms with Crippen molar-refractivity contribution in [1.82, 2.24) is 10.3 Å². The molecule has 0 unspecified atom stereocenters. The SMILES string of the molecule is Brc1cncc(N2CCCNCCC2)c1.O=C(O)/C=C/C(=O)O. The fraction of sp³-hybridized carbons (Fsp3) is 0.400. The number of nitrogens with one attached hydrogen (secondary N) is 1. The molecule has 0 spiro atoms. The summed E-state index contributed by atoms with van der Waals surface area (Å²) in [6, 6.07) is 2.14. The Morgan fingerprint density at radius 3 is 2.17 bits per heavy atom. The highest BCUT2D eigenvalue weighted by atomic mass is 79.9. The normalized spacial score (nSPS) is 15.3. The van der Waals surface area contributed by atoms with Crippen molar-refractivity contribution in [3.8, 4) is 0 Å². The maximum atomic E-state index is 9.55. The van der Waals surface area contributed by atoms with E-state index in [1.54, 1.807) is 0 Å². The van der Waals surface area contributed by atoms with Crippen LogP contribution in [0.15, 0.2) is 35.1 Å². The number of anilines is 1. The van der Waals surface area contributed by atoms with Crippen LogP contribution in [0.5, 0.6) is 0 Å². The molecule has 1 aromatic rings. The minimum atomic E-state index is -1.26. The monoisotopic (exact) mass is 385 g/mol. The van der Waals surface area contributed by atoms with Crippen LogP contribution in [0.3, 0.4) is 0 Å². The van der Waals surface area contributed by atoms with E-state index in [1.165, 1.54) is 18.5 Å². The number of hydrogen-bond acceptors (Lipinski definition) is 5. The molecule has 0 amide bonds. The van der Waals surface area contributed by atoms with Crippen LogP contribution in [0, 0.1) is 0 Å². The van der Waals surface area contributed by atoms with E-state index in [9.17, 15) is 9.59 Å². The fourth-order valence-electron chi connectivity index (χ4n) is 2.00. The third kappa shape index (κ3) is 8.94. The number of halogens is 1. The number of carboxylic acids is 2. The van der Waals surface area contributed by atoms with Crippen LogP contribution in [0.4, 0.5) is 5.69 Å². The number of pyridine rings is 1. The molecule has 7 nitrogen and oxygen atoms in total. The first-order valence-corrected chi connectivity index (χ1v) is 7.98. The van der Waals surface area contributed by atoms with Gasteiger partial charge in [0.15, 0.2) is 0 Å². The lowest BCUT2D eigenvalue weighted by Crippen LogP contribution is -2.33. The minimum Gasteiger partial charge on any atom is -0.478 e. The summed E-state index contributed by atoms with van der Waals surface area (Å²) in [5, 5.41) is 19.0. The molecule has 23 heavy (non-hydrogen) atoms. The topological polar surface area (TPSA) is 103 Å². The van der Waals surface area contributed by atoms with Crippen molar-refractivity contribution in [1.29, 1.82) is 0 Å². The van der Waals surface area contributed by atoms with E-state index in [4.69, 9.17) is 10.2 Å². The van der Waals surface area contributed by atoms with Crippen molar-refractivity contribution < 1.29 is 19.8 Å². The van der Waals surface area contributed by atoms with Crippen molar-refractivity contribution in [2.45, 2.75) is 12.8 Å². The van der Waals surface area contributed by atoms with E-state index in [0.717, 1.165) is 30.7 Å². The molecular formula is C15H20BrN3O4. The largest absolute Gasteiger partial charge is 0.478 e. The third-order valence-corrected chi connectivity index (χ3v) is 3.42. The molecular weight excluding hydrogens is 366 g/mol. The van der Waals surface area contributed by atoms with Gasteiger partial charge in [-0.2, -0.15) is 0 Å². The average molecular weight is 386 g/mol. The Labute approximate surface area is 143 Å². The Balaban J connectivity index is 0.000000284. The van der Waals surface area contributed by atoms with Crippen molar-refractivity contribution in [3.63, 3.8) is 0 Å². The first kappa shape index (κ1) is 19.1. The molecule has 0 bridgehead atoms. The first-order chi connectivity index (χ1) is 11.0. The molecule has 0 atom stereocenters. The molecule has 1 aliphatic rings. The van der Waals surface area contributed by atoms with Gasteiger partial charge in [0.05, 0.1) is 11.9 Å². The zero-order valence-electron chi connectivity index (χ0n) is 12.6. The number of aliphatic carboxylic acids is 2. The second-order valence-corrected chi connectivity index (χ2v) is 5.73. The molecule has 1 aliphatic heterocycles. The summed E-state index contributed by atoms with van der Waals surface area (Å²) in [5.74, 6) is -2.51. The Morgan fingerprint density at radius 2 is 1.70 bits per heavy atom. The Kier molecular flexibility index (Phi) is 8.93. The Morgan fingerprint density at radius 1 is 1.13 bits per heavy atom. The van der Waals surface area contributed by atoms with Crippen molar-refractivity contribution >= 4 is 33.6 Å². The van der Waals surface area contributed by atoms with Gasteiger partial charge in [-0.05, 0) is 47.9 Å². The third-order valence-electron chi connectivity index (χ3n) is 2.99. The van der Waals surface area contributed by atoms with Gasteiger partial charge in [0.1, 0.15) is 0 Å². The van der Waals surface area contributed by atoms with E-state index in [2.05, 4.69) is 37.2 Å². The van der Waals surface area contributed by atoms with E-state index in [-0.39, 0.29) is 0 Å². The van der Waals surface area contributed by atoms with Crippen LogP contribution in [0.2, 0.25) is 0 Å². The zero-order chi connectivity index (χ0) is 17.1. The molecule has 1 aromatic heterocycles. The van der Waals surface area contributed by atoms with Gasteiger partial charge in [-0.15, -0.1) is 0 Å². The highest BCUT2D eigenvalue weighted by Crippen LogP contribution is 2.19. The van der Waals surface area contributed by atoms with Crippen LogP contribution in [0.25, 0.3) is 0 Å². The molecule has 2 heterocycles. The predicted octanol–water partition coefficient (Wildman–Crippen LogP) is 1.75. The maximum Gasteiger partial charge on any atom is 0.328 e.